The SMILES string of the molecule is O=P(O)(O)N=C(Nc1ccccc1)Nc1ccccc1. The first-order chi connectivity index (χ1) is 9.53. The summed E-state index contributed by atoms with van der Waals surface area (Å²) in [7, 11) is -4.53. The van der Waals surface area contributed by atoms with Gasteiger partial charge in [-0.15, -0.1) is 4.76 Å². The Hall–Kier alpha value is -2.14. The van der Waals surface area contributed by atoms with E-state index >= 15 is 0 Å². The summed E-state index contributed by atoms with van der Waals surface area (Å²) in [6.07, 6.45) is 0. The minimum Gasteiger partial charge on any atom is -0.326 e. The third-order valence-electron chi connectivity index (χ3n) is 2.30. The quantitative estimate of drug-likeness (QED) is 0.396. The van der Waals surface area contributed by atoms with E-state index in [1.165, 1.54) is 0 Å². The van der Waals surface area contributed by atoms with Crippen LogP contribution in [0.25, 0.3) is 0 Å². The van der Waals surface area contributed by atoms with Crippen molar-refractivity contribution >= 4 is 25.1 Å². The Bertz CT molecular complexity index is 582. The number of guanidine groups is 1. The van der Waals surface area contributed by atoms with Gasteiger partial charge in [0.15, 0.2) is 0 Å². The normalized spacial score (nSPS) is 10.7. The number of anilines is 2. The smallest absolute Gasteiger partial charge is 0.326 e. The maximum absolute atomic E-state index is 11.0. The zero-order valence-corrected chi connectivity index (χ0v) is 11.4. The molecule has 7 heteroatoms. The molecule has 0 fully saturated rings. The van der Waals surface area contributed by atoms with Crippen molar-refractivity contribution in [3.8, 4) is 0 Å². The summed E-state index contributed by atoms with van der Waals surface area (Å²) in [5, 5.41) is 5.66. The van der Waals surface area contributed by atoms with Crippen LogP contribution in [0.2, 0.25) is 0 Å². The number of hydrogen-bond acceptors (Lipinski definition) is 1. The molecular weight excluding hydrogens is 277 g/mol. The van der Waals surface area contributed by atoms with Gasteiger partial charge in [-0.05, 0) is 24.3 Å². The Labute approximate surface area is 116 Å². The molecule has 0 aliphatic heterocycles. The van der Waals surface area contributed by atoms with Crippen molar-refractivity contribution in [3.05, 3.63) is 60.7 Å². The number of hydrogen-bond donors (Lipinski definition) is 4. The second kappa shape index (κ2) is 6.34. The fraction of sp³-hybridized carbons (Fsp3) is 0. The molecular formula is C13H14N3O3P. The zero-order chi connectivity index (χ0) is 14.4. The standard InChI is InChI=1S/C13H14N3O3P/c17-20(18,19)16-13(14-11-7-3-1-4-8-11)15-12-9-5-2-6-10-12/h1-10H,(H4,14,15,16,17,18,19). The predicted molar refractivity (Wildman–Crippen MR) is 79.6 cm³/mol. The molecule has 104 valence electrons. The largest absolute Gasteiger partial charge is 0.451 e. The van der Waals surface area contributed by atoms with Crippen molar-refractivity contribution in [3.63, 3.8) is 0 Å². The molecule has 0 aliphatic carbocycles. The fourth-order valence-corrected chi connectivity index (χ4v) is 1.89. The van der Waals surface area contributed by atoms with E-state index in [9.17, 15) is 4.57 Å². The molecule has 4 N–H and O–H groups in total. The highest BCUT2D eigenvalue weighted by atomic mass is 31.2. The van der Waals surface area contributed by atoms with Crippen molar-refractivity contribution in [1.82, 2.24) is 0 Å². The summed E-state index contributed by atoms with van der Waals surface area (Å²) in [6.45, 7) is 0. The second-order valence-electron chi connectivity index (χ2n) is 3.94. The Morgan fingerprint density at radius 3 is 1.60 bits per heavy atom. The Morgan fingerprint density at radius 2 is 1.25 bits per heavy atom. The summed E-state index contributed by atoms with van der Waals surface area (Å²) < 4.78 is 14.4. The Balaban J connectivity index is 2.22. The molecule has 0 bridgehead atoms. The molecule has 20 heavy (non-hydrogen) atoms. The molecule has 0 aromatic heterocycles. The van der Waals surface area contributed by atoms with Crippen LogP contribution in [0, 0.1) is 0 Å². The molecule has 6 nitrogen and oxygen atoms in total. The van der Waals surface area contributed by atoms with Gasteiger partial charge in [-0.25, -0.2) is 4.57 Å². The number of rotatable bonds is 3. The van der Waals surface area contributed by atoms with E-state index in [0.29, 0.717) is 11.4 Å². The Morgan fingerprint density at radius 1 is 0.850 bits per heavy atom. The molecule has 0 atom stereocenters. The highest BCUT2D eigenvalue weighted by Gasteiger charge is 2.13. The van der Waals surface area contributed by atoms with Crippen LogP contribution in [0.15, 0.2) is 65.4 Å². The van der Waals surface area contributed by atoms with Crippen LogP contribution in [-0.2, 0) is 4.57 Å². The van der Waals surface area contributed by atoms with Gasteiger partial charge >= 0.3 is 7.75 Å². The lowest BCUT2D eigenvalue weighted by atomic mass is 10.3. The highest BCUT2D eigenvalue weighted by molar-refractivity contribution is 7.50. The maximum atomic E-state index is 11.0. The van der Waals surface area contributed by atoms with Gasteiger partial charge in [-0.3, -0.25) is 0 Å². The number of nitrogens with one attached hydrogen (secondary N) is 2. The van der Waals surface area contributed by atoms with E-state index in [-0.39, 0.29) is 5.96 Å². The summed E-state index contributed by atoms with van der Waals surface area (Å²) in [6, 6.07) is 18.0. The van der Waals surface area contributed by atoms with Crippen LogP contribution >= 0.6 is 7.75 Å². The third-order valence-corrected chi connectivity index (χ3v) is 2.76. The van der Waals surface area contributed by atoms with Gasteiger partial charge in [0.2, 0.25) is 5.96 Å². The first-order valence-corrected chi connectivity index (χ1v) is 7.39. The van der Waals surface area contributed by atoms with Crippen molar-refractivity contribution in [2.24, 2.45) is 4.76 Å². The van der Waals surface area contributed by atoms with Crippen LogP contribution in [0.3, 0.4) is 0 Å². The minimum absolute atomic E-state index is 0.0178. The van der Waals surface area contributed by atoms with Gasteiger partial charge in [0, 0.05) is 11.4 Å². The number of para-hydroxylation sites is 2. The van der Waals surface area contributed by atoms with Crippen molar-refractivity contribution < 1.29 is 14.4 Å². The van der Waals surface area contributed by atoms with E-state index in [1.807, 2.05) is 12.1 Å². The molecule has 0 aliphatic rings. The van der Waals surface area contributed by atoms with Crippen LogP contribution in [0.1, 0.15) is 0 Å². The molecule has 0 spiro atoms. The second-order valence-corrected chi connectivity index (χ2v) is 5.17. The van der Waals surface area contributed by atoms with Gasteiger partial charge in [0.25, 0.3) is 0 Å². The molecule has 2 aromatic rings. The average molecular weight is 291 g/mol. The lowest BCUT2D eigenvalue weighted by molar-refractivity contribution is 0.375. The fourth-order valence-electron chi connectivity index (χ4n) is 1.53. The van der Waals surface area contributed by atoms with Crippen LogP contribution in [0.4, 0.5) is 11.4 Å². The minimum atomic E-state index is -4.53. The Kier molecular flexibility index (Phi) is 4.53. The topological polar surface area (TPSA) is 94.0 Å². The first kappa shape index (κ1) is 14.3. The molecule has 0 unspecified atom stereocenters. The molecule has 2 aromatic carbocycles. The molecule has 0 saturated heterocycles. The molecule has 2 rings (SSSR count). The zero-order valence-electron chi connectivity index (χ0n) is 10.5. The highest BCUT2D eigenvalue weighted by Crippen LogP contribution is 2.36. The summed E-state index contributed by atoms with van der Waals surface area (Å²) in [5.41, 5.74) is 1.34. The summed E-state index contributed by atoms with van der Waals surface area (Å²) in [4.78, 5) is 18.0. The van der Waals surface area contributed by atoms with E-state index in [1.54, 1.807) is 48.5 Å². The van der Waals surface area contributed by atoms with Crippen LogP contribution < -0.4 is 10.6 Å². The van der Waals surface area contributed by atoms with E-state index in [4.69, 9.17) is 9.79 Å². The van der Waals surface area contributed by atoms with Crippen LogP contribution in [-0.4, -0.2) is 15.7 Å². The predicted octanol–water partition coefficient (Wildman–Crippen LogP) is 2.66. The van der Waals surface area contributed by atoms with E-state index in [2.05, 4.69) is 15.4 Å². The van der Waals surface area contributed by atoms with E-state index in [0.717, 1.165) is 0 Å². The van der Waals surface area contributed by atoms with E-state index < -0.39 is 7.75 Å². The van der Waals surface area contributed by atoms with Gasteiger partial charge in [-0.1, -0.05) is 36.4 Å². The first-order valence-electron chi connectivity index (χ1n) is 5.83. The monoisotopic (exact) mass is 291 g/mol. The molecule has 0 amide bonds. The average Bonchev–Trinajstić information content (AvgIpc) is 2.39. The molecule has 0 saturated carbocycles. The van der Waals surface area contributed by atoms with Gasteiger partial charge < -0.3 is 20.4 Å². The number of benzene rings is 2. The lowest BCUT2D eigenvalue weighted by Gasteiger charge is -2.12. The summed E-state index contributed by atoms with van der Waals surface area (Å²) >= 11 is 0. The molecule has 0 radical (unpaired) electrons. The van der Waals surface area contributed by atoms with Crippen molar-refractivity contribution in [2.45, 2.75) is 0 Å². The van der Waals surface area contributed by atoms with Gasteiger partial charge in [0.1, 0.15) is 0 Å². The maximum Gasteiger partial charge on any atom is 0.451 e. The lowest BCUT2D eigenvalue weighted by Crippen LogP contribution is -2.21. The van der Waals surface area contributed by atoms with Gasteiger partial charge in [0.05, 0.1) is 0 Å². The van der Waals surface area contributed by atoms with Crippen molar-refractivity contribution in [1.29, 1.82) is 0 Å². The van der Waals surface area contributed by atoms with Crippen molar-refractivity contribution in [2.75, 3.05) is 10.6 Å². The number of nitrogens with zero attached hydrogens (tertiary/aromatic N) is 1. The summed E-state index contributed by atoms with van der Waals surface area (Å²) in [5.74, 6) is -0.0178. The molecule has 0 heterocycles. The third kappa shape index (κ3) is 4.85. The van der Waals surface area contributed by atoms with Crippen LogP contribution in [0.5, 0.6) is 0 Å². The van der Waals surface area contributed by atoms with Gasteiger partial charge in [-0.2, -0.15) is 0 Å².